The van der Waals surface area contributed by atoms with Gasteiger partial charge < -0.3 is 13.9 Å². The molecule has 0 fully saturated rings. The molecule has 0 radical (unpaired) electrons. The number of hydrogen-bond donors (Lipinski definition) is 0. The van der Waals surface area contributed by atoms with Gasteiger partial charge in [0.15, 0.2) is 10.9 Å². The molecule has 0 saturated carbocycles. The second-order valence-corrected chi connectivity index (χ2v) is 7.20. The van der Waals surface area contributed by atoms with Crippen LogP contribution in [0.1, 0.15) is 43.0 Å². The van der Waals surface area contributed by atoms with Gasteiger partial charge in [0.25, 0.3) is 5.91 Å². The summed E-state index contributed by atoms with van der Waals surface area (Å²) in [7, 11) is 1.94. The number of aryl methyl sites for hydroxylation is 1. The third-order valence-electron chi connectivity index (χ3n) is 3.75. The summed E-state index contributed by atoms with van der Waals surface area (Å²) < 4.78 is 7.66. The first-order valence-electron chi connectivity index (χ1n) is 8.36. The summed E-state index contributed by atoms with van der Waals surface area (Å²) in [6.45, 7) is 5.30. The van der Waals surface area contributed by atoms with Crippen LogP contribution in [0.2, 0.25) is 0 Å². The largest absolute Gasteiger partial charge is 0.455 e. The van der Waals surface area contributed by atoms with Gasteiger partial charge in [-0.25, -0.2) is 4.98 Å². The summed E-state index contributed by atoms with van der Waals surface area (Å²) in [5, 5.41) is 9.71. The lowest BCUT2D eigenvalue weighted by Crippen LogP contribution is -2.33. The van der Waals surface area contributed by atoms with E-state index in [1.807, 2.05) is 23.9 Å². The van der Waals surface area contributed by atoms with Crippen LogP contribution in [0.3, 0.4) is 0 Å². The van der Waals surface area contributed by atoms with Crippen molar-refractivity contribution in [3.8, 4) is 6.07 Å². The number of aromatic nitrogens is 2. The Morgan fingerprint density at radius 2 is 2.24 bits per heavy atom. The number of imidazole rings is 1. The molecule has 0 aliphatic heterocycles. The van der Waals surface area contributed by atoms with Gasteiger partial charge in [-0.05, 0) is 24.5 Å². The molecular formula is C18H24N4O2S. The Labute approximate surface area is 152 Å². The van der Waals surface area contributed by atoms with Gasteiger partial charge in [0, 0.05) is 32.5 Å². The zero-order valence-electron chi connectivity index (χ0n) is 14.9. The summed E-state index contributed by atoms with van der Waals surface area (Å²) in [5.74, 6) is 2.03. The summed E-state index contributed by atoms with van der Waals surface area (Å²) in [6.07, 6.45) is 4.87. The van der Waals surface area contributed by atoms with Crippen LogP contribution in [0, 0.1) is 17.2 Å². The van der Waals surface area contributed by atoms with Crippen molar-refractivity contribution < 1.29 is 9.21 Å². The van der Waals surface area contributed by atoms with Crippen molar-refractivity contribution in [2.75, 3.05) is 13.1 Å². The summed E-state index contributed by atoms with van der Waals surface area (Å²) in [5.41, 5.74) is 0. The van der Waals surface area contributed by atoms with Gasteiger partial charge in [0.05, 0.1) is 18.2 Å². The lowest BCUT2D eigenvalue weighted by atomic mass is 10.1. The fourth-order valence-electron chi connectivity index (χ4n) is 2.27. The van der Waals surface area contributed by atoms with E-state index in [2.05, 4.69) is 24.9 Å². The Morgan fingerprint density at radius 1 is 1.44 bits per heavy atom. The smallest absolute Gasteiger partial charge is 0.289 e. The molecular weight excluding hydrogens is 336 g/mol. The molecule has 0 aromatic carbocycles. The highest BCUT2D eigenvalue weighted by Crippen LogP contribution is 2.22. The molecule has 0 unspecified atom stereocenters. The van der Waals surface area contributed by atoms with E-state index < -0.39 is 0 Å². The molecule has 0 N–H and O–H groups in total. The van der Waals surface area contributed by atoms with Crippen LogP contribution >= 0.6 is 11.8 Å². The van der Waals surface area contributed by atoms with E-state index in [-0.39, 0.29) is 5.91 Å². The molecule has 2 rings (SSSR count). The van der Waals surface area contributed by atoms with E-state index >= 15 is 0 Å². The molecule has 2 heterocycles. The molecule has 0 aliphatic rings. The average molecular weight is 360 g/mol. The number of carbonyl (C=O) groups excluding carboxylic acids is 1. The van der Waals surface area contributed by atoms with Crippen LogP contribution < -0.4 is 0 Å². The SMILES string of the molecule is CC(C)CCN(CCC#N)C(=O)c1ccc(CSc2nccn2C)o1. The predicted molar refractivity (Wildman–Crippen MR) is 97.1 cm³/mol. The predicted octanol–water partition coefficient (Wildman–Crippen LogP) is 3.71. The van der Waals surface area contributed by atoms with Crippen LogP contribution in [0.4, 0.5) is 0 Å². The Kier molecular flexibility index (Phi) is 7.14. The van der Waals surface area contributed by atoms with Crippen molar-refractivity contribution in [1.82, 2.24) is 14.5 Å². The third-order valence-corrected chi connectivity index (χ3v) is 4.83. The van der Waals surface area contributed by atoms with Crippen LogP contribution in [-0.2, 0) is 12.8 Å². The zero-order valence-corrected chi connectivity index (χ0v) is 15.8. The first kappa shape index (κ1) is 19.1. The summed E-state index contributed by atoms with van der Waals surface area (Å²) >= 11 is 1.56. The molecule has 25 heavy (non-hydrogen) atoms. The first-order valence-corrected chi connectivity index (χ1v) is 9.35. The molecule has 0 aliphatic carbocycles. The molecule has 0 saturated heterocycles. The first-order chi connectivity index (χ1) is 12.0. The number of amides is 1. The Hall–Kier alpha value is -2.20. The lowest BCUT2D eigenvalue weighted by molar-refractivity contribution is 0.0718. The maximum atomic E-state index is 12.7. The molecule has 7 heteroatoms. The van der Waals surface area contributed by atoms with Gasteiger partial charge >= 0.3 is 0 Å². The molecule has 1 amide bonds. The maximum absolute atomic E-state index is 12.7. The van der Waals surface area contributed by atoms with Crippen LogP contribution in [0.25, 0.3) is 0 Å². The topological polar surface area (TPSA) is 75.1 Å². The van der Waals surface area contributed by atoms with E-state index in [1.54, 1.807) is 28.9 Å². The highest BCUT2D eigenvalue weighted by atomic mass is 32.2. The number of nitriles is 1. The monoisotopic (exact) mass is 360 g/mol. The average Bonchev–Trinajstić information content (AvgIpc) is 3.21. The Morgan fingerprint density at radius 3 is 2.88 bits per heavy atom. The molecule has 134 valence electrons. The second-order valence-electron chi connectivity index (χ2n) is 6.26. The lowest BCUT2D eigenvalue weighted by Gasteiger charge is -2.21. The quantitative estimate of drug-likeness (QED) is 0.637. The van der Waals surface area contributed by atoms with Crippen molar-refractivity contribution in [2.24, 2.45) is 13.0 Å². The van der Waals surface area contributed by atoms with E-state index in [4.69, 9.17) is 9.68 Å². The van der Waals surface area contributed by atoms with E-state index in [0.717, 1.165) is 17.3 Å². The van der Waals surface area contributed by atoms with Gasteiger partial charge in [-0.3, -0.25) is 4.79 Å². The van der Waals surface area contributed by atoms with Crippen molar-refractivity contribution in [1.29, 1.82) is 5.26 Å². The fraction of sp³-hybridized carbons (Fsp3) is 0.500. The summed E-state index contributed by atoms with van der Waals surface area (Å²) in [6, 6.07) is 5.64. The Balaban J connectivity index is 1.98. The standard InChI is InChI=1S/C18H24N4O2S/c1-14(2)7-11-22(10-4-8-19)17(23)16-6-5-15(24-16)13-25-18-20-9-12-21(18)3/h5-6,9,12,14H,4,7,10-11,13H2,1-3H3. The minimum atomic E-state index is -0.149. The summed E-state index contributed by atoms with van der Waals surface area (Å²) in [4.78, 5) is 18.6. The van der Waals surface area contributed by atoms with Crippen molar-refractivity contribution in [3.63, 3.8) is 0 Å². The number of nitrogens with zero attached hydrogens (tertiary/aromatic N) is 4. The Bertz CT molecular complexity index is 730. The van der Waals surface area contributed by atoms with Crippen molar-refractivity contribution in [3.05, 3.63) is 36.0 Å². The number of hydrogen-bond acceptors (Lipinski definition) is 5. The van der Waals surface area contributed by atoms with Gasteiger partial charge in [-0.15, -0.1) is 0 Å². The maximum Gasteiger partial charge on any atom is 0.289 e. The van der Waals surface area contributed by atoms with Crippen LogP contribution in [-0.4, -0.2) is 33.4 Å². The molecule has 0 bridgehead atoms. The highest BCUT2D eigenvalue weighted by molar-refractivity contribution is 7.98. The van der Waals surface area contributed by atoms with Crippen molar-refractivity contribution >= 4 is 17.7 Å². The third kappa shape index (κ3) is 5.68. The van der Waals surface area contributed by atoms with Crippen molar-refractivity contribution in [2.45, 2.75) is 37.6 Å². The minimum absolute atomic E-state index is 0.149. The minimum Gasteiger partial charge on any atom is -0.455 e. The van der Waals surface area contributed by atoms with Crippen LogP contribution in [0.15, 0.2) is 34.1 Å². The molecule has 2 aromatic rings. The normalized spacial score (nSPS) is 10.8. The van der Waals surface area contributed by atoms with E-state index in [0.29, 0.717) is 36.9 Å². The van der Waals surface area contributed by atoms with E-state index in [1.165, 1.54) is 0 Å². The molecule has 0 spiro atoms. The molecule has 6 nitrogen and oxygen atoms in total. The van der Waals surface area contributed by atoms with Gasteiger partial charge in [0.1, 0.15) is 5.76 Å². The number of thioether (sulfide) groups is 1. The van der Waals surface area contributed by atoms with Gasteiger partial charge in [-0.2, -0.15) is 5.26 Å². The number of furan rings is 1. The number of rotatable bonds is 9. The highest BCUT2D eigenvalue weighted by Gasteiger charge is 2.19. The molecule has 2 aromatic heterocycles. The second kappa shape index (κ2) is 9.33. The zero-order chi connectivity index (χ0) is 18.2. The molecule has 0 atom stereocenters. The number of carbonyl (C=O) groups is 1. The van der Waals surface area contributed by atoms with Gasteiger partial charge in [0.2, 0.25) is 0 Å². The van der Waals surface area contributed by atoms with Crippen LogP contribution in [0.5, 0.6) is 0 Å². The van der Waals surface area contributed by atoms with E-state index in [9.17, 15) is 4.79 Å². The van der Waals surface area contributed by atoms with Gasteiger partial charge in [-0.1, -0.05) is 25.6 Å². The fourth-order valence-corrected chi connectivity index (χ4v) is 3.09.